The van der Waals surface area contributed by atoms with Crippen LogP contribution in [0.15, 0.2) is 66.4 Å². The van der Waals surface area contributed by atoms with Crippen molar-refractivity contribution in [3.63, 3.8) is 0 Å². The van der Waals surface area contributed by atoms with Gasteiger partial charge in [-0.2, -0.15) is 0 Å². The van der Waals surface area contributed by atoms with Gasteiger partial charge in [0, 0.05) is 35.4 Å². The number of ether oxygens (including phenoxy) is 2. The molecule has 1 heterocycles. The third-order valence-corrected chi connectivity index (χ3v) is 18.7. The van der Waals surface area contributed by atoms with E-state index in [9.17, 15) is 23.6 Å². The summed E-state index contributed by atoms with van der Waals surface area (Å²) < 4.78 is 24.9. The fraction of sp³-hybridized carbons (Fsp3) is 0.638. The number of allylic oxidation sites excluding steroid dienone is 2. The van der Waals surface area contributed by atoms with Crippen LogP contribution in [0, 0.1) is 69.9 Å². The third kappa shape index (κ3) is 10.8. The van der Waals surface area contributed by atoms with Crippen molar-refractivity contribution in [1.82, 2.24) is 4.98 Å². The Morgan fingerprint density at radius 2 is 1.62 bits per heavy atom. The minimum atomic E-state index is -0.962. The van der Waals surface area contributed by atoms with Crippen LogP contribution in [-0.2, 0) is 23.9 Å². The summed E-state index contributed by atoms with van der Waals surface area (Å²) in [5, 5.41) is 1.26. The molecule has 8 nitrogen and oxygen atoms in total. The fourth-order valence-electron chi connectivity index (χ4n) is 14.6. The summed E-state index contributed by atoms with van der Waals surface area (Å²) in [6, 6.07) is 13.0. The highest BCUT2D eigenvalue weighted by molar-refractivity contribution is 6.30. The van der Waals surface area contributed by atoms with E-state index in [2.05, 4.69) is 45.7 Å². The molecule has 0 spiro atoms. The van der Waals surface area contributed by atoms with Gasteiger partial charge < -0.3 is 9.47 Å². The van der Waals surface area contributed by atoms with E-state index in [-0.39, 0.29) is 47.6 Å². The molecule has 0 bridgehead atoms. The van der Waals surface area contributed by atoms with Gasteiger partial charge in [-0.25, -0.2) is 14.1 Å². The second-order valence-corrected chi connectivity index (χ2v) is 23.2. The van der Waals surface area contributed by atoms with Gasteiger partial charge in [0.2, 0.25) is 12.7 Å². The quantitative estimate of drug-likeness (QED) is 0.0800. The minimum absolute atomic E-state index is 0.00170. The molecule has 3 aromatic rings. The summed E-state index contributed by atoms with van der Waals surface area (Å²) >= 11 is 6.17. The van der Waals surface area contributed by atoms with Crippen molar-refractivity contribution in [3.05, 3.63) is 82.8 Å². The highest BCUT2D eigenvalue weighted by Crippen LogP contribution is 2.67. The van der Waals surface area contributed by atoms with Gasteiger partial charge in [0.1, 0.15) is 11.6 Å². The monoisotopic (exact) mass is 951 g/mol. The molecule has 2 aromatic carbocycles. The lowest BCUT2D eigenvalue weighted by Crippen LogP contribution is -2.50. The molecule has 8 rings (SSSR count). The number of amides is 2. The fourth-order valence-corrected chi connectivity index (χ4v) is 14.8. The second-order valence-electron chi connectivity index (χ2n) is 22.8. The predicted octanol–water partition coefficient (Wildman–Crippen LogP) is 15.0. The number of ketones is 1. The number of esters is 1. The normalized spacial score (nSPS) is 29.8. The number of pyridine rings is 1. The Kier molecular flexibility index (Phi) is 15.9. The van der Waals surface area contributed by atoms with Crippen LogP contribution in [-0.4, -0.2) is 35.5 Å². The molecule has 1 aromatic heterocycles. The summed E-state index contributed by atoms with van der Waals surface area (Å²) in [6.45, 7) is 13.6. The molecule has 9 atom stereocenters. The van der Waals surface area contributed by atoms with Gasteiger partial charge in [0.15, 0.2) is 0 Å². The van der Waals surface area contributed by atoms with Crippen molar-refractivity contribution in [2.45, 2.75) is 163 Å². The van der Waals surface area contributed by atoms with E-state index in [1.165, 1.54) is 57.4 Å². The lowest BCUT2D eigenvalue weighted by atomic mass is 9.46. The van der Waals surface area contributed by atoms with Crippen molar-refractivity contribution in [3.8, 4) is 0 Å². The largest absolute Gasteiger partial charge is 0.428 e. The topological polar surface area (TPSA) is 103 Å². The van der Waals surface area contributed by atoms with Crippen molar-refractivity contribution >= 4 is 51.9 Å². The molecule has 4 fully saturated rings. The van der Waals surface area contributed by atoms with Gasteiger partial charge in [-0.1, -0.05) is 84.1 Å². The molecule has 4 saturated carbocycles. The van der Waals surface area contributed by atoms with Crippen LogP contribution in [0.2, 0.25) is 5.02 Å². The molecule has 68 heavy (non-hydrogen) atoms. The number of rotatable bonds is 16. The van der Waals surface area contributed by atoms with Gasteiger partial charge in [-0.05, 0) is 195 Å². The maximum atomic E-state index is 14.2. The maximum absolute atomic E-state index is 14.2. The third-order valence-electron chi connectivity index (χ3n) is 18.5. The molecule has 5 aliphatic rings. The molecule has 368 valence electrons. The molecular formula is C58H76ClFN2O6. The smallest absolute Gasteiger partial charge is 0.424 e. The number of benzene rings is 2. The molecule has 2 unspecified atom stereocenters. The number of hydrogen-bond donors (Lipinski definition) is 0. The molecule has 0 N–H and O–H groups in total. The van der Waals surface area contributed by atoms with E-state index < -0.39 is 30.7 Å². The maximum Gasteiger partial charge on any atom is 0.424 e. The lowest BCUT2D eigenvalue weighted by molar-refractivity contribution is -0.152. The van der Waals surface area contributed by atoms with Gasteiger partial charge in [-0.3, -0.25) is 19.4 Å². The summed E-state index contributed by atoms with van der Waals surface area (Å²) in [5.41, 5.74) is 4.37. The highest BCUT2D eigenvalue weighted by Gasteiger charge is 2.59. The number of nitrogens with zero attached hydrogens (tertiary/aromatic N) is 2. The van der Waals surface area contributed by atoms with Crippen LogP contribution in [0.1, 0.15) is 169 Å². The number of carbonyl (C=O) groups is 4. The Bertz CT molecular complexity index is 2320. The van der Waals surface area contributed by atoms with Gasteiger partial charge in [0.05, 0.1) is 17.6 Å². The molecule has 10 heteroatoms. The summed E-state index contributed by atoms with van der Waals surface area (Å²) in [6.07, 6.45) is 20.8. The number of imide groups is 1. The number of aromatic nitrogens is 1. The highest BCUT2D eigenvalue weighted by atomic mass is 35.5. The zero-order valence-electron chi connectivity index (χ0n) is 41.6. The average Bonchev–Trinajstić information content (AvgIpc) is 3.68. The molecule has 0 saturated heterocycles. The predicted molar refractivity (Wildman–Crippen MR) is 267 cm³/mol. The number of carbonyl (C=O) groups excluding carboxylic acids is 4. The van der Waals surface area contributed by atoms with Crippen molar-refractivity contribution in [1.29, 1.82) is 0 Å². The van der Waals surface area contributed by atoms with E-state index >= 15 is 0 Å². The lowest BCUT2D eigenvalue weighted by Gasteiger charge is -2.58. The van der Waals surface area contributed by atoms with Gasteiger partial charge >= 0.3 is 12.1 Å². The first-order valence-electron chi connectivity index (χ1n) is 26.2. The van der Waals surface area contributed by atoms with Crippen molar-refractivity contribution in [2.24, 2.45) is 64.1 Å². The summed E-state index contributed by atoms with van der Waals surface area (Å²) in [5.74, 6) is 3.42. The first-order valence-corrected chi connectivity index (χ1v) is 26.6. The van der Waals surface area contributed by atoms with E-state index in [4.69, 9.17) is 21.1 Å². The molecule has 2 amide bonds. The number of halogens is 2. The van der Waals surface area contributed by atoms with Crippen LogP contribution in [0.5, 0.6) is 0 Å². The number of Topliss-reactive ketones (excluding diaryl/α,β-unsaturated/α-hetero) is 1. The Morgan fingerprint density at radius 1 is 0.853 bits per heavy atom. The average molecular weight is 952 g/mol. The van der Waals surface area contributed by atoms with E-state index in [1.807, 2.05) is 13.0 Å². The standard InChI is InChI=1S/C58H76ClFN2O6/c1-36(2)8-7-9-37(3)50-22-23-51-48-21-14-42-32-39(26-29-57(42,5)52(48)27-30-58(50,51)6)33-46(63)20-25-54(64)67-35-68-56(66)62(45-18-15-43(59)16-19-45)55(65)38(4)40-10-12-41(13-11-40)47-28-31-61-53-24-17-44(60)34-49(47)53/h14-19,24,28,31,34,36-41,48,50-52H,7-13,20-23,25-27,29-30,32-33,35H2,1-6H3/t37?,38-,39+,40-,41+,48+,50?,51+,52+,57+,58-/m1/s1. The number of anilines is 1. The number of fused-ring (bicyclic) bond motifs is 6. The summed E-state index contributed by atoms with van der Waals surface area (Å²) in [4.78, 5) is 59.4. The van der Waals surface area contributed by atoms with Crippen LogP contribution in [0.25, 0.3) is 10.9 Å². The van der Waals surface area contributed by atoms with Crippen LogP contribution in [0.4, 0.5) is 14.9 Å². The van der Waals surface area contributed by atoms with Gasteiger partial charge in [0.25, 0.3) is 0 Å². The van der Waals surface area contributed by atoms with Crippen molar-refractivity contribution in [2.75, 3.05) is 11.7 Å². The van der Waals surface area contributed by atoms with Gasteiger partial charge in [-0.15, -0.1) is 0 Å². The first-order chi connectivity index (χ1) is 32.5. The second kappa shape index (κ2) is 21.5. The minimum Gasteiger partial charge on any atom is -0.428 e. The number of hydrogen-bond acceptors (Lipinski definition) is 7. The van der Waals surface area contributed by atoms with E-state index in [0.29, 0.717) is 22.5 Å². The van der Waals surface area contributed by atoms with Crippen LogP contribution in [0.3, 0.4) is 0 Å². The molecule has 0 aliphatic heterocycles. The Balaban J connectivity index is 0.791. The molecular weight excluding hydrogens is 875 g/mol. The van der Waals surface area contributed by atoms with E-state index in [0.717, 1.165) is 102 Å². The molecule has 0 radical (unpaired) electrons. The summed E-state index contributed by atoms with van der Waals surface area (Å²) in [7, 11) is 0. The van der Waals surface area contributed by atoms with Crippen molar-refractivity contribution < 1.29 is 33.0 Å². The molecule has 5 aliphatic carbocycles. The first kappa shape index (κ1) is 50.3. The SMILES string of the molecule is CC(C)CCCC(C)C1CC[C@H]2[C@@H]3CC=C4C[C@@H](CC(=O)CCC(=O)OCOC(=O)N(C(=O)[C@H](C)[C@H]5CC[C@@H](c6ccnc7ccc(F)cc76)CC5)c5ccc(Cl)cc5)CC[C@]4(C)[C@H]3CC[C@]12C. The van der Waals surface area contributed by atoms with Crippen LogP contribution < -0.4 is 4.90 Å². The Hall–Kier alpha value is -4.11. The zero-order valence-corrected chi connectivity index (χ0v) is 42.3. The Morgan fingerprint density at radius 3 is 2.37 bits per heavy atom. The zero-order chi connectivity index (χ0) is 48.3. The Labute approximate surface area is 409 Å². The van der Waals surface area contributed by atoms with E-state index in [1.54, 1.807) is 48.2 Å². The van der Waals surface area contributed by atoms with Crippen LogP contribution >= 0.6 is 11.6 Å².